The first-order valence-corrected chi connectivity index (χ1v) is 9.72. The summed E-state index contributed by atoms with van der Waals surface area (Å²) in [5.74, 6) is 0.363. The van der Waals surface area contributed by atoms with Crippen LogP contribution in [0.25, 0.3) is 5.69 Å². The predicted molar refractivity (Wildman–Crippen MR) is 104 cm³/mol. The molecule has 28 heavy (non-hydrogen) atoms. The summed E-state index contributed by atoms with van der Waals surface area (Å²) in [5, 5.41) is 18.8. The Labute approximate surface area is 167 Å². The van der Waals surface area contributed by atoms with Gasteiger partial charge in [-0.2, -0.15) is 0 Å². The van der Waals surface area contributed by atoms with Crippen molar-refractivity contribution in [1.29, 1.82) is 0 Å². The molecular formula is C20H21N3O4S. The molecule has 146 valence electrons. The van der Waals surface area contributed by atoms with Crippen LogP contribution in [0.15, 0.2) is 58.1 Å². The second-order valence-corrected chi connectivity index (χ2v) is 7.35. The monoisotopic (exact) mass is 399 g/mol. The fraction of sp³-hybridized carbons (Fsp3) is 0.250. The summed E-state index contributed by atoms with van der Waals surface area (Å²) >= 11 is 1.07. The molecule has 0 radical (unpaired) electrons. The fourth-order valence-electron chi connectivity index (χ4n) is 2.53. The van der Waals surface area contributed by atoms with Crippen molar-refractivity contribution in [3.05, 3.63) is 54.1 Å². The number of aromatic nitrogens is 2. The lowest BCUT2D eigenvalue weighted by Crippen LogP contribution is -2.35. The fourth-order valence-corrected chi connectivity index (χ4v) is 3.29. The topological polar surface area (TPSA) is 91.3 Å². The van der Waals surface area contributed by atoms with E-state index in [0.717, 1.165) is 11.8 Å². The summed E-state index contributed by atoms with van der Waals surface area (Å²) in [7, 11) is 1.57. The number of thioether (sulfide) groups is 1. The maximum absolute atomic E-state index is 12.3. The molecule has 0 saturated carbocycles. The van der Waals surface area contributed by atoms with Crippen LogP contribution in [0.5, 0.6) is 11.7 Å². The predicted octanol–water partition coefficient (Wildman–Crippen LogP) is 2.89. The Morgan fingerprint density at radius 3 is 2.50 bits per heavy atom. The first-order valence-electron chi connectivity index (χ1n) is 8.74. The van der Waals surface area contributed by atoms with Crippen molar-refractivity contribution in [1.82, 2.24) is 5.27 Å². The molecular weight excluding hydrogens is 378 g/mol. The Bertz CT molecular complexity index is 937. The van der Waals surface area contributed by atoms with E-state index in [2.05, 4.69) is 24.4 Å². The average molecular weight is 399 g/mol. The van der Waals surface area contributed by atoms with Gasteiger partial charge in [0.1, 0.15) is 5.75 Å². The summed E-state index contributed by atoms with van der Waals surface area (Å²) in [6.45, 7) is 4.23. The van der Waals surface area contributed by atoms with Crippen molar-refractivity contribution in [3.8, 4) is 17.4 Å². The van der Waals surface area contributed by atoms with Crippen LogP contribution in [0, 0.1) is 0 Å². The number of hydrogen-bond acceptors (Lipinski definition) is 6. The van der Waals surface area contributed by atoms with Crippen LogP contribution in [0.1, 0.15) is 25.3 Å². The average Bonchev–Trinajstić information content (AvgIpc) is 3.07. The van der Waals surface area contributed by atoms with Gasteiger partial charge in [0.15, 0.2) is 5.95 Å². The number of methoxy groups -OCH3 is 1. The van der Waals surface area contributed by atoms with Gasteiger partial charge in [-0.05, 0) is 52.2 Å². The van der Waals surface area contributed by atoms with Gasteiger partial charge in [0, 0.05) is 17.8 Å². The third-order valence-electron chi connectivity index (χ3n) is 4.09. The number of nitrogens with zero attached hydrogens (tertiary/aromatic N) is 2. The van der Waals surface area contributed by atoms with E-state index in [1.54, 1.807) is 31.4 Å². The Balaban J connectivity index is 1.65. The first-order chi connectivity index (χ1) is 13.5. The molecule has 0 aliphatic carbocycles. The van der Waals surface area contributed by atoms with Crippen molar-refractivity contribution in [2.45, 2.75) is 24.8 Å². The maximum Gasteiger partial charge on any atom is 0.298 e. The first kappa shape index (κ1) is 19.8. The zero-order valence-corrected chi connectivity index (χ0v) is 16.7. The number of carbonyl (C=O) groups excluding carboxylic acids is 1. The lowest BCUT2D eigenvalue weighted by Gasteiger charge is -2.08. The summed E-state index contributed by atoms with van der Waals surface area (Å²) < 4.78 is 11.3. The number of ether oxygens (including phenoxy) is 1. The molecule has 0 aliphatic heterocycles. The smallest absolute Gasteiger partial charge is 0.298 e. The normalized spacial score (nSPS) is 10.9. The molecule has 0 atom stereocenters. The molecule has 0 unspecified atom stereocenters. The van der Waals surface area contributed by atoms with Gasteiger partial charge in [-0.3, -0.25) is 4.79 Å². The molecule has 0 saturated heterocycles. The largest absolute Gasteiger partial charge is 0.538 e. The van der Waals surface area contributed by atoms with Crippen LogP contribution in [0.4, 0.5) is 5.69 Å². The van der Waals surface area contributed by atoms with E-state index in [1.165, 1.54) is 10.2 Å². The van der Waals surface area contributed by atoms with Gasteiger partial charge in [-0.25, -0.2) is 0 Å². The number of carbonyl (C=O) groups is 1. The van der Waals surface area contributed by atoms with E-state index in [9.17, 15) is 9.90 Å². The van der Waals surface area contributed by atoms with Gasteiger partial charge in [0.25, 0.3) is 5.03 Å². The second-order valence-electron chi connectivity index (χ2n) is 6.39. The molecule has 0 fully saturated rings. The molecule has 3 rings (SSSR count). The summed E-state index contributed by atoms with van der Waals surface area (Å²) in [5.41, 5.74) is 2.55. The minimum atomic E-state index is -0.588. The Morgan fingerprint density at radius 1 is 1.21 bits per heavy atom. The molecule has 2 aromatic carbocycles. The summed E-state index contributed by atoms with van der Waals surface area (Å²) in [4.78, 5) is 12.3. The van der Waals surface area contributed by atoms with Crippen LogP contribution in [-0.2, 0) is 4.79 Å². The quantitative estimate of drug-likeness (QED) is 0.485. The van der Waals surface area contributed by atoms with E-state index in [0.29, 0.717) is 23.0 Å². The minimum absolute atomic E-state index is 0.0541. The van der Waals surface area contributed by atoms with Crippen molar-refractivity contribution in [2.75, 3.05) is 18.2 Å². The molecule has 8 heteroatoms. The second kappa shape index (κ2) is 8.79. The molecule has 0 aliphatic rings. The van der Waals surface area contributed by atoms with Gasteiger partial charge in [0.05, 0.1) is 18.1 Å². The van der Waals surface area contributed by atoms with Crippen LogP contribution < -0.4 is 19.8 Å². The number of nitrogens with one attached hydrogen (secondary N) is 1. The highest BCUT2D eigenvalue weighted by molar-refractivity contribution is 7.99. The van der Waals surface area contributed by atoms with Crippen molar-refractivity contribution in [3.63, 3.8) is 0 Å². The van der Waals surface area contributed by atoms with Gasteiger partial charge < -0.3 is 19.7 Å². The Morgan fingerprint density at radius 2 is 1.89 bits per heavy atom. The van der Waals surface area contributed by atoms with Crippen molar-refractivity contribution < 1.29 is 23.8 Å². The number of hydrogen-bond donors (Lipinski definition) is 1. The molecule has 0 spiro atoms. The van der Waals surface area contributed by atoms with E-state index in [1.807, 2.05) is 24.3 Å². The van der Waals surface area contributed by atoms with E-state index >= 15 is 0 Å². The molecule has 0 bridgehead atoms. The number of anilines is 1. The summed E-state index contributed by atoms with van der Waals surface area (Å²) in [6.07, 6.45) is 0. The van der Waals surface area contributed by atoms with Gasteiger partial charge in [-0.15, -0.1) is 0 Å². The van der Waals surface area contributed by atoms with Crippen LogP contribution in [0.2, 0.25) is 0 Å². The highest BCUT2D eigenvalue weighted by Crippen LogP contribution is 2.24. The lowest BCUT2D eigenvalue weighted by atomic mass is 10.0. The third kappa shape index (κ3) is 4.64. The third-order valence-corrected chi connectivity index (χ3v) is 5.11. The Hall–Kier alpha value is -3.00. The highest BCUT2D eigenvalue weighted by atomic mass is 32.2. The molecule has 7 nitrogen and oxygen atoms in total. The molecule has 1 heterocycles. The van der Waals surface area contributed by atoms with E-state index in [-0.39, 0.29) is 16.7 Å². The lowest BCUT2D eigenvalue weighted by molar-refractivity contribution is -0.705. The Kier molecular flexibility index (Phi) is 6.20. The van der Waals surface area contributed by atoms with Crippen LogP contribution in [0.3, 0.4) is 0 Å². The number of rotatable bonds is 7. The minimum Gasteiger partial charge on any atom is -0.538 e. The van der Waals surface area contributed by atoms with Gasteiger partial charge in [0.2, 0.25) is 11.6 Å². The molecule has 1 amide bonds. The molecule has 3 aromatic rings. The highest BCUT2D eigenvalue weighted by Gasteiger charge is 2.22. The standard InChI is InChI=1S/C20H21N3O4S/c1-13(2)14-4-6-15(7-5-14)21-18(24)12-28-19-20(25)27-22-23(19)16-8-10-17(26-3)11-9-16/h4-11,13H,12H2,1-3H3,(H-,21,22,24,25). The van der Waals surface area contributed by atoms with Gasteiger partial charge in [-0.1, -0.05) is 26.0 Å². The zero-order valence-electron chi connectivity index (χ0n) is 15.8. The zero-order chi connectivity index (χ0) is 20.1. The van der Waals surface area contributed by atoms with Gasteiger partial charge >= 0.3 is 0 Å². The SMILES string of the molecule is COc1ccc(-[n+]2noc([O-])c2SCC(=O)Nc2ccc(C(C)C)cc2)cc1. The molecule has 1 N–H and O–H groups in total. The maximum atomic E-state index is 12.3. The number of benzene rings is 2. The van der Waals surface area contributed by atoms with Crippen LogP contribution in [-0.4, -0.2) is 24.0 Å². The van der Waals surface area contributed by atoms with Crippen molar-refractivity contribution in [2.24, 2.45) is 0 Å². The number of amides is 1. The van der Waals surface area contributed by atoms with Crippen LogP contribution >= 0.6 is 11.8 Å². The molecule has 1 aromatic heterocycles. The van der Waals surface area contributed by atoms with E-state index < -0.39 is 5.95 Å². The van der Waals surface area contributed by atoms with Crippen molar-refractivity contribution >= 4 is 23.4 Å². The summed E-state index contributed by atoms with van der Waals surface area (Å²) in [6, 6.07) is 14.7. The van der Waals surface area contributed by atoms with E-state index in [4.69, 9.17) is 9.26 Å².